The van der Waals surface area contributed by atoms with Crippen LogP contribution in [-0.4, -0.2) is 58.0 Å². The van der Waals surface area contributed by atoms with Gasteiger partial charge in [0, 0.05) is 48.1 Å². The van der Waals surface area contributed by atoms with Gasteiger partial charge in [-0.05, 0) is 69.7 Å². The molecule has 35 heavy (non-hydrogen) atoms. The first-order chi connectivity index (χ1) is 16.5. The minimum atomic E-state index is -0.352. The summed E-state index contributed by atoms with van der Waals surface area (Å²) in [6, 6.07) is 15.4. The van der Waals surface area contributed by atoms with Crippen molar-refractivity contribution in [1.29, 1.82) is 0 Å². The van der Waals surface area contributed by atoms with Crippen molar-refractivity contribution < 1.29 is 14.0 Å². The average Bonchev–Trinajstić information content (AvgIpc) is 3.15. The van der Waals surface area contributed by atoms with Crippen LogP contribution in [0.1, 0.15) is 36.8 Å². The molecule has 1 fully saturated rings. The van der Waals surface area contributed by atoms with Crippen LogP contribution < -0.4 is 5.32 Å². The number of nitrogens with one attached hydrogen (secondary N) is 1. The minimum Gasteiger partial charge on any atom is -0.335 e. The number of carbonyl (C=O) groups is 2. The van der Waals surface area contributed by atoms with E-state index in [0.29, 0.717) is 42.5 Å². The van der Waals surface area contributed by atoms with Gasteiger partial charge in [0.05, 0.1) is 11.3 Å². The fourth-order valence-corrected chi connectivity index (χ4v) is 4.41. The van der Waals surface area contributed by atoms with E-state index in [1.165, 1.54) is 12.1 Å². The Labute approximate surface area is 210 Å². The third-order valence-electron chi connectivity index (χ3n) is 6.02. The summed E-state index contributed by atoms with van der Waals surface area (Å²) >= 11 is 6.08. The summed E-state index contributed by atoms with van der Waals surface area (Å²) in [5, 5.41) is 3.58. The highest BCUT2D eigenvalue weighted by atomic mass is 35.5. The maximum atomic E-state index is 14.1. The summed E-state index contributed by atoms with van der Waals surface area (Å²) < 4.78 is 16.0. The Hall–Kier alpha value is -3.32. The lowest BCUT2D eigenvalue weighted by Crippen LogP contribution is -2.56. The maximum absolute atomic E-state index is 14.1. The molecule has 0 spiro atoms. The Morgan fingerprint density at radius 3 is 2.17 bits per heavy atom. The average molecular weight is 497 g/mol. The predicted octanol–water partition coefficient (Wildman–Crippen LogP) is 5.51. The summed E-state index contributed by atoms with van der Waals surface area (Å²) in [6.07, 6.45) is 0. The first-order valence-electron chi connectivity index (χ1n) is 11.6. The second kappa shape index (κ2) is 9.74. The third kappa shape index (κ3) is 5.51. The number of amides is 3. The second-order valence-electron chi connectivity index (χ2n) is 9.81. The fraction of sp³-hybridized carbons (Fsp3) is 0.333. The van der Waals surface area contributed by atoms with Gasteiger partial charge in [-0.15, -0.1) is 0 Å². The molecule has 1 aliphatic rings. The Morgan fingerprint density at radius 1 is 0.943 bits per heavy atom. The number of urea groups is 1. The number of hydrogen-bond acceptors (Lipinski definition) is 2. The van der Waals surface area contributed by atoms with Crippen LogP contribution in [0.2, 0.25) is 5.02 Å². The van der Waals surface area contributed by atoms with Gasteiger partial charge in [-0.2, -0.15) is 0 Å². The lowest BCUT2D eigenvalue weighted by Gasteiger charge is -2.36. The highest BCUT2D eigenvalue weighted by molar-refractivity contribution is 6.30. The van der Waals surface area contributed by atoms with E-state index in [1.807, 2.05) is 56.5 Å². The Bertz CT molecular complexity index is 1240. The quantitative estimate of drug-likeness (QED) is 0.519. The highest BCUT2D eigenvalue weighted by Gasteiger charge is 2.29. The monoisotopic (exact) mass is 496 g/mol. The van der Waals surface area contributed by atoms with Crippen LogP contribution in [0.5, 0.6) is 0 Å². The smallest absolute Gasteiger partial charge is 0.317 e. The van der Waals surface area contributed by atoms with Gasteiger partial charge in [0.25, 0.3) is 5.91 Å². The first-order valence-corrected chi connectivity index (χ1v) is 12.0. The Morgan fingerprint density at radius 2 is 1.57 bits per heavy atom. The van der Waals surface area contributed by atoms with Crippen molar-refractivity contribution in [3.63, 3.8) is 0 Å². The molecule has 3 aromatic rings. The number of benzene rings is 2. The first kappa shape index (κ1) is 24.8. The van der Waals surface area contributed by atoms with E-state index in [2.05, 4.69) is 5.32 Å². The van der Waals surface area contributed by atoms with Crippen LogP contribution in [-0.2, 0) is 0 Å². The Balaban J connectivity index is 1.63. The van der Waals surface area contributed by atoms with Gasteiger partial charge in [-0.3, -0.25) is 4.79 Å². The van der Waals surface area contributed by atoms with Crippen molar-refractivity contribution in [2.75, 3.05) is 26.2 Å². The van der Waals surface area contributed by atoms with Crippen molar-refractivity contribution in [3.05, 3.63) is 76.7 Å². The van der Waals surface area contributed by atoms with E-state index in [9.17, 15) is 14.0 Å². The molecule has 2 heterocycles. The van der Waals surface area contributed by atoms with E-state index in [4.69, 9.17) is 11.6 Å². The third-order valence-corrected chi connectivity index (χ3v) is 6.27. The van der Waals surface area contributed by atoms with Gasteiger partial charge in [-0.25, -0.2) is 9.18 Å². The molecule has 2 aromatic carbocycles. The molecule has 184 valence electrons. The molecule has 0 aliphatic carbocycles. The predicted molar refractivity (Wildman–Crippen MR) is 137 cm³/mol. The summed E-state index contributed by atoms with van der Waals surface area (Å²) in [5.74, 6) is -0.459. The van der Waals surface area contributed by atoms with E-state index in [0.717, 1.165) is 17.0 Å². The molecule has 1 aromatic heterocycles. The van der Waals surface area contributed by atoms with Crippen LogP contribution in [0.15, 0.2) is 54.6 Å². The summed E-state index contributed by atoms with van der Waals surface area (Å²) in [7, 11) is 0. The normalized spacial score (nSPS) is 14.2. The van der Waals surface area contributed by atoms with Gasteiger partial charge in [-0.1, -0.05) is 29.8 Å². The number of hydrogen-bond donors (Lipinski definition) is 1. The highest BCUT2D eigenvalue weighted by Crippen LogP contribution is 2.31. The number of piperazine rings is 1. The SMILES string of the molecule is Cc1c(C(=O)N2CCN(C(=O)NC(C)(C)C)CC2)cc(-c2ccc(Cl)cc2)n1-c1cccc(F)c1. The molecule has 6 nitrogen and oxygen atoms in total. The molecule has 4 rings (SSSR count). The lowest BCUT2D eigenvalue weighted by atomic mass is 10.1. The van der Waals surface area contributed by atoms with Crippen molar-refractivity contribution >= 4 is 23.5 Å². The summed E-state index contributed by atoms with van der Waals surface area (Å²) in [4.78, 5) is 29.6. The molecule has 3 amide bonds. The largest absolute Gasteiger partial charge is 0.335 e. The number of nitrogens with zero attached hydrogens (tertiary/aromatic N) is 3. The molecule has 0 bridgehead atoms. The number of halogens is 2. The summed E-state index contributed by atoms with van der Waals surface area (Å²) in [6.45, 7) is 9.49. The van der Waals surface area contributed by atoms with Crippen LogP contribution in [0.25, 0.3) is 16.9 Å². The number of rotatable bonds is 3. The van der Waals surface area contributed by atoms with Gasteiger partial charge >= 0.3 is 6.03 Å². The van der Waals surface area contributed by atoms with E-state index in [1.54, 1.807) is 28.0 Å². The lowest BCUT2D eigenvalue weighted by molar-refractivity contribution is 0.0660. The van der Waals surface area contributed by atoms with E-state index in [-0.39, 0.29) is 23.3 Å². The number of aromatic nitrogens is 1. The fourth-order valence-electron chi connectivity index (χ4n) is 4.29. The number of carbonyl (C=O) groups excluding carboxylic acids is 2. The zero-order valence-electron chi connectivity index (χ0n) is 20.4. The minimum absolute atomic E-state index is 0.108. The van der Waals surface area contributed by atoms with Crippen molar-refractivity contribution in [2.24, 2.45) is 0 Å². The molecule has 1 saturated heterocycles. The molecule has 0 unspecified atom stereocenters. The molecule has 1 N–H and O–H groups in total. The second-order valence-corrected chi connectivity index (χ2v) is 10.2. The van der Waals surface area contributed by atoms with Gasteiger partial charge in [0.1, 0.15) is 5.82 Å². The van der Waals surface area contributed by atoms with Gasteiger partial charge < -0.3 is 19.7 Å². The molecular weight excluding hydrogens is 467 g/mol. The Kier molecular flexibility index (Phi) is 6.90. The molecule has 1 aliphatic heterocycles. The molecule has 0 radical (unpaired) electrons. The molecule has 0 saturated carbocycles. The van der Waals surface area contributed by atoms with Gasteiger partial charge in [0.15, 0.2) is 0 Å². The van der Waals surface area contributed by atoms with Gasteiger partial charge in [0.2, 0.25) is 0 Å². The van der Waals surface area contributed by atoms with Crippen LogP contribution >= 0.6 is 11.6 Å². The molecule has 8 heteroatoms. The maximum Gasteiger partial charge on any atom is 0.317 e. The molecular formula is C27H30ClFN4O2. The molecule has 0 atom stereocenters. The van der Waals surface area contributed by atoms with Crippen LogP contribution in [0.3, 0.4) is 0 Å². The van der Waals surface area contributed by atoms with Crippen molar-refractivity contribution in [2.45, 2.75) is 33.2 Å². The zero-order valence-corrected chi connectivity index (χ0v) is 21.2. The standard InChI is InChI=1S/C27H30ClFN4O2/c1-18-23(25(34)31-12-14-32(15-13-31)26(35)30-27(2,3)4)17-24(19-8-10-20(28)11-9-19)33(18)22-7-5-6-21(29)16-22/h5-11,16-17H,12-15H2,1-4H3,(H,30,35). The zero-order chi connectivity index (χ0) is 25.3. The summed E-state index contributed by atoms with van der Waals surface area (Å²) in [5.41, 5.74) is 3.22. The van der Waals surface area contributed by atoms with Crippen molar-refractivity contribution in [3.8, 4) is 16.9 Å². The van der Waals surface area contributed by atoms with E-state index < -0.39 is 0 Å². The van der Waals surface area contributed by atoms with E-state index >= 15 is 0 Å². The van der Waals surface area contributed by atoms with Crippen LogP contribution in [0.4, 0.5) is 9.18 Å². The van der Waals surface area contributed by atoms with Crippen molar-refractivity contribution in [1.82, 2.24) is 19.7 Å². The topological polar surface area (TPSA) is 57.6 Å². The van der Waals surface area contributed by atoms with Crippen LogP contribution in [0, 0.1) is 12.7 Å².